The Labute approximate surface area is 144 Å². The van der Waals surface area contributed by atoms with E-state index in [1.54, 1.807) is 5.29 Å². The summed E-state index contributed by atoms with van der Waals surface area (Å²) in [7, 11) is 0.00876. The molecular formula is C19H30ClP2+. The van der Waals surface area contributed by atoms with Gasteiger partial charge in [0.05, 0.1) is 0 Å². The smallest absolute Gasteiger partial charge is 0.0843 e. The van der Waals surface area contributed by atoms with Crippen molar-refractivity contribution >= 4 is 31.7 Å². The highest BCUT2D eigenvalue weighted by molar-refractivity contribution is 8.29. The molecule has 0 nitrogen and oxygen atoms in total. The summed E-state index contributed by atoms with van der Waals surface area (Å²) in [4.78, 5) is 0. The third-order valence-electron chi connectivity index (χ3n) is 5.29. The maximum Gasteiger partial charge on any atom is 0.127 e. The standard InChI is InChI=1S/C19H30ClP2/c1-15-9-7-6-8-14-21(5)22(19(15,3)4)16(2)17-10-12-18(20)13-11-17/h10-13,15H,6-9,14H2,1-5H3/q+1. The first kappa shape index (κ1) is 18.4. The van der Waals surface area contributed by atoms with Crippen LogP contribution in [-0.2, 0) is 0 Å². The van der Waals surface area contributed by atoms with Crippen molar-refractivity contribution in [3.63, 3.8) is 0 Å². The summed E-state index contributed by atoms with van der Waals surface area (Å²) in [6, 6.07) is 8.52. The molecule has 1 aliphatic rings. The van der Waals surface area contributed by atoms with Gasteiger partial charge in [0.25, 0.3) is 0 Å². The van der Waals surface area contributed by atoms with Gasteiger partial charge in [0.1, 0.15) is 25.3 Å². The molecular weight excluding hydrogens is 326 g/mol. The van der Waals surface area contributed by atoms with Crippen LogP contribution in [0.3, 0.4) is 0 Å². The summed E-state index contributed by atoms with van der Waals surface area (Å²) in [5.41, 5.74) is 1.41. The molecule has 0 radical (unpaired) electrons. The molecule has 3 heteroatoms. The van der Waals surface area contributed by atoms with Crippen molar-refractivity contribution in [2.24, 2.45) is 5.92 Å². The van der Waals surface area contributed by atoms with Crippen molar-refractivity contribution in [2.45, 2.75) is 58.5 Å². The molecule has 1 aromatic carbocycles. The third kappa shape index (κ3) is 4.14. The van der Waals surface area contributed by atoms with Crippen LogP contribution in [-0.4, -0.2) is 23.3 Å². The second kappa shape index (κ2) is 7.79. The van der Waals surface area contributed by atoms with Gasteiger partial charge in [-0.25, -0.2) is 0 Å². The van der Waals surface area contributed by atoms with E-state index in [0.29, 0.717) is 5.16 Å². The Balaban J connectivity index is 2.52. The van der Waals surface area contributed by atoms with Crippen LogP contribution in [0, 0.1) is 5.92 Å². The second-order valence-corrected chi connectivity index (χ2v) is 15.1. The molecule has 3 unspecified atom stereocenters. The van der Waals surface area contributed by atoms with Gasteiger partial charge in [-0.3, -0.25) is 0 Å². The van der Waals surface area contributed by atoms with E-state index in [1.807, 2.05) is 12.1 Å². The van der Waals surface area contributed by atoms with Gasteiger partial charge in [-0.15, -0.1) is 0 Å². The lowest BCUT2D eigenvalue weighted by Crippen LogP contribution is -2.26. The molecule has 0 N–H and O–H groups in total. The molecule has 122 valence electrons. The lowest BCUT2D eigenvalue weighted by molar-refractivity contribution is 0.411. The Hall–Kier alpha value is 0.110. The summed E-state index contributed by atoms with van der Waals surface area (Å²) >= 11 is 6.08. The quantitative estimate of drug-likeness (QED) is 0.461. The van der Waals surface area contributed by atoms with Crippen LogP contribution < -0.4 is 0 Å². The molecule has 0 amide bonds. The van der Waals surface area contributed by atoms with Crippen LogP contribution >= 0.6 is 26.4 Å². The van der Waals surface area contributed by atoms with Crippen LogP contribution in [0.5, 0.6) is 0 Å². The van der Waals surface area contributed by atoms with Crippen molar-refractivity contribution in [1.29, 1.82) is 0 Å². The minimum Gasteiger partial charge on any atom is -0.0843 e. The van der Waals surface area contributed by atoms with Crippen molar-refractivity contribution in [3.05, 3.63) is 34.9 Å². The fourth-order valence-corrected chi connectivity index (χ4v) is 13.9. The van der Waals surface area contributed by atoms with Crippen LogP contribution in [0.25, 0.3) is 0 Å². The molecule has 0 bridgehead atoms. The first-order valence-corrected chi connectivity index (χ1v) is 12.8. The van der Waals surface area contributed by atoms with Crippen LogP contribution in [0.2, 0.25) is 5.02 Å². The van der Waals surface area contributed by atoms with Crippen molar-refractivity contribution in [1.82, 2.24) is 0 Å². The Morgan fingerprint density at radius 2 is 1.82 bits per heavy atom. The Bertz CT molecular complexity index is 531. The normalized spacial score (nSPS) is 28.5. The molecule has 1 saturated heterocycles. The van der Waals surface area contributed by atoms with Gasteiger partial charge in [0.2, 0.25) is 0 Å². The SMILES string of the molecule is CC(c1ccc(Cl)cc1)=[P+]1P(C)CCCCCC(C)C1(C)C. The van der Waals surface area contributed by atoms with Gasteiger partial charge in [-0.2, -0.15) is 0 Å². The largest absolute Gasteiger partial charge is 0.127 e. The van der Waals surface area contributed by atoms with E-state index in [1.165, 1.54) is 37.4 Å². The molecule has 0 spiro atoms. The predicted octanol–water partition coefficient (Wildman–Crippen LogP) is 7.38. The zero-order chi connectivity index (χ0) is 16.3. The highest BCUT2D eigenvalue weighted by Gasteiger charge is 2.44. The van der Waals surface area contributed by atoms with Gasteiger partial charge >= 0.3 is 0 Å². The Morgan fingerprint density at radius 3 is 2.45 bits per heavy atom. The molecule has 1 aliphatic heterocycles. The lowest BCUT2D eigenvalue weighted by Gasteiger charge is -2.29. The highest BCUT2D eigenvalue weighted by atomic mass is 35.5. The summed E-state index contributed by atoms with van der Waals surface area (Å²) in [5, 5.41) is 2.91. The molecule has 1 fully saturated rings. The Kier molecular flexibility index (Phi) is 6.53. The van der Waals surface area contributed by atoms with Gasteiger partial charge in [-0.1, -0.05) is 31.4 Å². The summed E-state index contributed by atoms with van der Waals surface area (Å²) in [6.07, 6.45) is 7.11. The molecule has 22 heavy (non-hydrogen) atoms. The van der Waals surface area contributed by atoms with E-state index in [0.717, 1.165) is 10.9 Å². The van der Waals surface area contributed by atoms with Gasteiger partial charge in [0.15, 0.2) is 0 Å². The minimum absolute atomic E-state index is 0.0850. The van der Waals surface area contributed by atoms with E-state index in [2.05, 4.69) is 46.5 Å². The third-order valence-corrected chi connectivity index (χ3v) is 14.7. The van der Waals surface area contributed by atoms with Crippen LogP contribution in [0.1, 0.15) is 58.9 Å². The molecule has 1 aromatic rings. The van der Waals surface area contributed by atoms with Crippen LogP contribution in [0.4, 0.5) is 0 Å². The van der Waals surface area contributed by atoms with Crippen molar-refractivity contribution < 1.29 is 0 Å². The topological polar surface area (TPSA) is 0 Å². The highest BCUT2D eigenvalue weighted by Crippen LogP contribution is 2.70. The van der Waals surface area contributed by atoms with E-state index in [-0.39, 0.29) is 14.8 Å². The summed E-state index contributed by atoms with van der Waals surface area (Å²) in [6.45, 7) is 12.5. The van der Waals surface area contributed by atoms with E-state index < -0.39 is 0 Å². The number of hydrogen-bond donors (Lipinski definition) is 0. The predicted molar refractivity (Wildman–Crippen MR) is 108 cm³/mol. The molecule has 3 atom stereocenters. The zero-order valence-electron chi connectivity index (χ0n) is 14.7. The average molecular weight is 356 g/mol. The molecule has 0 aromatic heterocycles. The molecule has 0 saturated carbocycles. The number of hydrogen-bond acceptors (Lipinski definition) is 0. The lowest BCUT2D eigenvalue weighted by atomic mass is 9.91. The fourth-order valence-electron chi connectivity index (χ4n) is 3.57. The fraction of sp³-hybridized carbons (Fsp3) is 0.632. The maximum atomic E-state index is 6.08. The first-order chi connectivity index (χ1) is 10.3. The van der Waals surface area contributed by atoms with E-state index >= 15 is 0 Å². The van der Waals surface area contributed by atoms with Gasteiger partial charge in [0, 0.05) is 29.6 Å². The van der Waals surface area contributed by atoms with Crippen molar-refractivity contribution in [3.8, 4) is 0 Å². The van der Waals surface area contributed by atoms with E-state index in [4.69, 9.17) is 11.6 Å². The molecule has 0 aliphatic carbocycles. The number of halogens is 1. The Morgan fingerprint density at radius 1 is 1.18 bits per heavy atom. The summed E-state index contributed by atoms with van der Waals surface area (Å²) < 4.78 is 0. The minimum atomic E-state index is -0.0850. The zero-order valence-corrected chi connectivity index (χ0v) is 17.2. The van der Waals surface area contributed by atoms with E-state index in [9.17, 15) is 0 Å². The average Bonchev–Trinajstić information content (AvgIpc) is 2.50. The van der Waals surface area contributed by atoms with Crippen LogP contribution in [0.15, 0.2) is 24.3 Å². The van der Waals surface area contributed by atoms with Gasteiger partial charge < -0.3 is 0 Å². The summed E-state index contributed by atoms with van der Waals surface area (Å²) in [5.74, 6) is 0.809. The molecule has 2 rings (SSSR count). The monoisotopic (exact) mass is 355 g/mol. The van der Waals surface area contributed by atoms with Crippen molar-refractivity contribution in [2.75, 3.05) is 12.8 Å². The maximum absolute atomic E-state index is 6.08. The number of benzene rings is 1. The first-order valence-electron chi connectivity index (χ1n) is 8.45. The second-order valence-electron chi connectivity index (χ2n) is 7.19. The number of rotatable bonds is 1. The molecule has 1 heterocycles. The van der Waals surface area contributed by atoms with Gasteiger partial charge in [-0.05, 0) is 57.6 Å².